The third kappa shape index (κ3) is 3.83. The summed E-state index contributed by atoms with van der Waals surface area (Å²) in [4.78, 5) is 19.8. The molecule has 0 radical (unpaired) electrons. The Labute approximate surface area is 156 Å². The molecule has 0 spiro atoms. The van der Waals surface area contributed by atoms with Gasteiger partial charge in [-0.05, 0) is 43.9 Å². The lowest BCUT2D eigenvalue weighted by Gasteiger charge is -2.29. The van der Waals surface area contributed by atoms with Gasteiger partial charge in [-0.15, -0.1) is 0 Å². The van der Waals surface area contributed by atoms with Crippen LogP contribution in [0.15, 0.2) is 48.7 Å². The molecule has 26 heavy (non-hydrogen) atoms. The van der Waals surface area contributed by atoms with E-state index in [1.165, 1.54) is 0 Å². The number of H-pyrrole nitrogens is 1. The molecule has 2 heterocycles. The van der Waals surface area contributed by atoms with Crippen LogP contribution in [0.4, 0.5) is 0 Å². The van der Waals surface area contributed by atoms with Crippen LogP contribution in [-0.2, 0) is 0 Å². The summed E-state index contributed by atoms with van der Waals surface area (Å²) in [6.07, 6.45) is 5.28. The normalized spacial score (nSPS) is 20.0. The first-order valence-corrected chi connectivity index (χ1v) is 9.22. The molecule has 6 heteroatoms. The summed E-state index contributed by atoms with van der Waals surface area (Å²) in [6, 6.07) is 13.5. The van der Waals surface area contributed by atoms with Gasteiger partial charge in [0, 0.05) is 29.2 Å². The van der Waals surface area contributed by atoms with Crippen molar-refractivity contribution in [3.8, 4) is 5.88 Å². The zero-order valence-electron chi connectivity index (χ0n) is 14.2. The highest BCUT2D eigenvalue weighted by Gasteiger charge is 2.24. The van der Waals surface area contributed by atoms with E-state index >= 15 is 0 Å². The van der Waals surface area contributed by atoms with Crippen LogP contribution in [0.2, 0.25) is 5.02 Å². The van der Waals surface area contributed by atoms with E-state index in [-0.39, 0.29) is 18.1 Å². The van der Waals surface area contributed by atoms with Crippen LogP contribution >= 0.6 is 11.6 Å². The second-order valence-corrected chi connectivity index (χ2v) is 7.09. The third-order valence-electron chi connectivity index (χ3n) is 4.77. The van der Waals surface area contributed by atoms with Gasteiger partial charge in [-0.2, -0.15) is 0 Å². The summed E-state index contributed by atoms with van der Waals surface area (Å²) in [5, 5.41) is 4.77. The van der Waals surface area contributed by atoms with Gasteiger partial charge in [0.15, 0.2) is 0 Å². The van der Waals surface area contributed by atoms with Gasteiger partial charge in [0.1, 0.15) is 11.8 Å². The van der Waals surface area contributed by atoms with E-state index in [1.807, 2.05) is 30.3 Å². The fraction of sp³-hybridized carbons (Fsp3) is 0.300. The Kier molecular flexibility index (Phi) is 4.80. The van der Waals surface area contributed by atoms with Gasteiger partial charge in [0.25, 0.3) is 5.91 Å². The third-order valence-corrected chi connectivity index (χ3v) is 5.00. The number of fused-ring (bicyclic) bond motifs is 1. The monoisotopic (exact) mass is 369 g/mol. The second-order valence-electron chi connectivity index (χ2n) is 6.65. The first-order chi connectivity index (χ1) is 12.7. The molecule has 4 rings (SSSR count). The van der Waals surface area contributed by atoms with Gasteiger partial charge in [0.05, 0.1) is 5.02 Å². The van der Waals surface area contributed by atoms with Gasteiger partial charge in [0.2, 0.25) is 5.88 Å². The van der Waals surface area contributed by atoms with Crippen LogP contribution in [0.1, 0.15) is 36.2 Å². The minimum Gasteiger partial charge on any atom is -0.474 e. The summed E-state index contributed by atoms with van der Waals surface area (Å²) in [6.45, 7) is 0. The molecule has 3 aromatic rings. The van der Waals surface area contributed by atoms with E-state index < -0.39 is 0 Å². The molecule has 134 valence electrons. The number of pyridine rings is 1. The quantitative estimate of drug-likeness (QED) is 0.719. The highest BCUT2D eigenvalue weighted by molar-refractivity contribution is 6.30. The summed E-state index contributed by atoms with van der Waals surface area (Å²) >= 11 is 5.84. The maximum atomic E-state index is 12.5. The summed E-state index contributed by atoms with van der Waals surface area (Å²) in [5.41, 5.74) is 1.58. The number of para-hydroxylation sites is 1. The number of hydrogen-bond donors (Lipinski definition) is 2. The maximum absolute atomic E-state index is 12.5. The Morgan fingerprint density at radius 2 is 1.96 bits per heavy atom. The number of carbonyl (C=O) groups excluding carboxylic acids is 1. The Morgan fingerprint density at radius 1 is 1.15 bits per heavy atom. The number of ether oxygens (including phenoxy) is 1. The molecular formula is C20H20ClN3O2. The predicted molar refractivity (Wildman–Crippen MR) is 102 cm³/mol. The molecule has 1 aliphatic rings. The van der Waals surface area contributed by atoms with E-state index in [4.69, 9.17) is 16.3 Å². The molecule has 1 aliphatic carbocycles. The molecule has 2 N–H and O–H groups in total. The number of amides is 1. The average molecular weight is 370 g/mol. The Hall–Kier alpha value is -2.53. The van der Waals surface area contributed by atoms with Crippen molar-refractivity contribution in [2.24, 2.45) is 0 Å². The Balaban J connectivity index is 1.30. The minimum atomic E-state index is -0.0510. The lowest BCUT2D eigenvalue weighted by atomic mass is 9.93. The lowest BCUT2D eigenvalue weighted by molar-refractivity contribution is 0.0886. The molecule has 2 aromatic heterocycles. The molecule has 0 aliphatic heterocycles. The average Bonchev–Trinajstić information content (AvgIpc) is 3.10. The number of rotatable bonds is 4. The van der Waals surface area contributed by atoms with Gasteiger partial charge in [-0.1, -0.05) is 29.8 Å². The standard InChI is InChI=1S/C20H20ClN3O2/c21-14-5-10-19(22-12-14)26-16-8-6-15(7-9-16)23-20(25)18-11-13-3-1-2-4-17(13)24-18/h1-5,10-12,15-16,24H,6-9H2,(H,23,25). The van der Waals surface area contributed by atoms with Crippen molar-refractivity contribution in [3.05, 3.63) is 59.4 Å². The smallest absolute Gasteiger partial charge is 0.267 e. The van der Waals surface area contributed by atoms with Gasteiger partial charge in [-0.3, -0.25) is 4.79 Å². The number of carbonyl (C=O) groups is 1. The molecule has 0 atom stereocenters. The maximum Gasteiger partial charge on any atom is 0.267 e. The number of aromatic nitrogens is 2. The number of aromatic amines is 1. The molecule has 0 unspecified atom stereocenters. The van der Waals surface area contributed by atoms with Crippen LogP contribution in [0.25, 0.3) is 10.9 Å². The fourth-order valence-electron chi connectivity index (χ4n) is 3.39. The number of hydrogen-bond acceptors (Lipinski definition) is 3. The van der Waals surface area contributed by atoms with Crippen molar-refractivity contribution >= 4 is 28.4 Å². The summed E-state index contributed by atoms with van der Waals surface area (Å²) < 4.78 is 5.90. The SMILES string of the molecule is O=C(NC1CCC(Oc2ccc(Cl)cn2)CC1)c1cc2ccccc2[nH]1. The number of nitrogens with zero attached hydrogens (tertiary/aromatic N) is 1. The molecule has 0 bridgehead atoms. The van der Waals surface area contributed by atoms with Crippen LogP contribution in [0.3, 0.4) is 0 Å². The molecule has 1 fully saturated rings. The molecule has 1 aromatic carbocycles. The van der Waals surface area contributed by atoms with E-state index in [9.17, 15) is 4.79 Å². The van der Waals surface area contributed by atoms with Crippen LogP contribution in [-0.4, -0.2) is 28.0 Å². The zero-order chi connectivity index (χ0) is 17.9. The topological polar surface area (TPSA) is 67.0 Å². The first-order valence-electron chi connectivity index (χ1n) is 8.84. The van der Waals surface area contributed by atoms with E-state index in [0.29, 0.717) is 16.6 Å². The fourth-order valence-corrected chi connectivity index (χ4v) is 3.50. The molecular weight excluding hydrogens is 350 g/mol. The van der Waals surface area contributed by atoms with Gasteiger partial charge < -0.3 is 15.0 Å². The summed E-state index contributed by atoms with van der Waals surface area (Å²) in [7, 11) is 0. The molecule has 5 nitrogen and oxygen atoms in total. The first kappa shape index (κ1) is 16.9. The van der Waals surface area contributed by atoms with Crippen molar-refractivity contribution in [1.82, 2.24) is 15.3 Å². The molecule has 0 saturated heterocycles. The van der Waals surface area contributed by atoms with Crippen LogP contribution in [0, 0.1) is 0 Å². The van der Waals surface area contributed by atoms with E-state index in [1.54, 1.807) is 18.3 Å². The highest BCUT2D eigenvalue weighted by Crippen LogP contribution is 2.24. The number of halogens is 1. The van der Waals surface area contributed by atoms with E-state index in [0.717, 1.165) is 36.6 Å². The van der Waals surface area contributed by atoms with Gasteiger partial charge >= 0.3 is 0 Å². The number of nitrogens with one attached hydrogen (secondary N) is 2. The predicted octanol–water partition coefficient (Wildman–Crippen LogP) is 4.34. The second kappa shape index (κ2) is 7.38. The Bertz CT molecular complexity index is 866. The largest absolute Gasteiger partial charge is 0.474 e. The van der Waals surface area contributed by atoms with Crippen molar-refractivity contribution < 1.29 is 9.53 Å². The lowest BCUT2D eigenvalue weighted by Crippen LogP contribution is -2.39. The summed E-state index contributed by atoms with van der Waals surface area (Å²) in [5.74, 6) is 0.546. The van der Waals surface area contributed by atoms with Crippen molar-refractivity contribution in [1.29, 1.82) is 0 Å². The minimum absolute atomic E-state index is 0.0510. The van der Waals surface area contributed by atoms with E-state index in [2.05, 4.69) is 15.3 Å². The van der Waals surface area contributed by atoms with Crippen molar-refractivity contribution in [2.75, 3.05) is 0 Å². The molecule has 1 saturated carbocycles. The van der Waals surface area contributed by atoms with Crippen LogP contribution < -0.4 is 10.1 Å². The molecule has 1 amide bonds. The van der Waals surface area contributed by atoms with Gasteiger partial charge in [-0.25, -0.2) is 4.98 Å². The van der Waals surface area contributed by atoms with Crippen molar-refractivity contribution in [2.45, 2.75) is 37.8 Å². The highest BCUT2D eigenvalue weighted by atomic mass is 35.5. The van der Waals surface area contributed by atoms with Crippen molar-refractivity contribution in [3.63, 3.8) is 0 Å². The zero-order valence-corrected chi connectivity index (χ0v) is 15.0. The number of benzene rings is 1. The van der Waals surface area contributed by atoms with Crippen LogP contribution in [0.5, 0.6) is 5.88 Å². The Morgan fingerprint density at radius 3 is 2.69 bits per heavy atom.